The van der Waals surface area contributed by atoms with Crippen LogP contribution in [0.5, 0.6) is 0 Å². The van der Waals surface area contributed by atoms with E-state index in [1.165, 1.54) is 6.08 Å². The number of fused-ring (bicyclic) bond motifs is 1. The van der Waals surface area contributed by atoms with Crippen LogP contribution in [0, 0.1) is 12.8 Å². The second-order valence-electron chi connectivity index (χ2n) is 10.2. The van der Waals surface area contributed by atoms with E-state index in [2.05, 4.69) is 10.0 Å². The molecule has 0 fully saturated rings. The van der Waals surface area contributed by atoms with E-state index in [-0.39, 0.29) is 12.2 Å². The molecule has 2 aromatic carbocycles. The number of furan rings is 1. The van der Waals surface area contributed by atoms with Gasteiger partial charge in [-0.05, 0) is 42.2 Å². The van der Waals surface area contributed by atoms with Crippen LogP contribution >= 0.6 is 0 Å². The number of aliphatic carboxylic acids is 1. The summed E-state index contributed by atoms with van der Waals surface area (Å²) in [6.07, 6.45) is 4.62. The summed E-state index contributed by atoms with van der Waals surface area (Å²) in [5, 5.41) is 13.1. The number of nitrogens with one attached hydrogen (secondary N) is 2. The zero-order chi connectivity index (χ0) is 28.5. The summed E-state index contributed by atoms with van der Waals surface area (Å²) in [4.78, 5) is 25.5. The molecule has 0 spiro atoms. The Morgan fingerprint density at radius 3 is 2.33 bits per heavy atom. The van der Waals surface area contributed by atoms with Gasteiger partial charge in [0, 0.05) is 37.2 Å². The SMILES string of the molecule is Cc1c(C(=O)NC2(S(=O)(=O)NC(C(=O)O)C(C)C)C=CC(c3ccccc3)=CC2)oc2cccc(N(C)C)c12. The van der Waals surface area contributed by atoms with Gasteiger partial charge in [-0.25, -0.2) is 8.42 Å². The smallest absolute Gasteiger partial charge is 0.321 e. The third-order valence-electron chi connectivity index (χ3n) is 6.90. The van der Waals surface area contributed by atoms with E-state index in [1.54, 1.807) is 39.0 Å². The molecule has 3 aromatic rings. The van der Waals surface area contributed by atoms with Crippen molar-refractivity contribution in [1.29, 1.82) is 0 Å². The zero-order valence-corrected chi connectivity index (χ0v) is 23.4. The number of carboxylic acid groups (broad SMARTS) is 1. The predicted octanol–water partition coefficient (Wildman–Crippen LogP) is 4.31. The van der Waals surface area contributed by atoms with Crippen molar-refractivity contribution in [2.24, 2.45) is 5.92 Å². The molecule has 2 unspecified atom stereocenters. The monoisotopic (exact) mass is 551 g/mol. The quantitative estimate of drug-likeness (QED) is 0.362. The lowest BCUT2D eigenvalue weighted by Gasteiger charge is -2.34. The number of benzene rings is 2. The number of anilines is 1. The number of carboxylic acids is 1. The normalized spacial score (nSPS) is 18.2. The molecule has 1 amide bonds. The first-order chi connectivity index (χ1) is 18.4. The Kier molecular flexibility index (Phi) is 7.72. The van der Waals surface area contributed by atoms with Crippen molar-refractivity contribution in [1.82, 2.24) is 10.0 Å². The van der Waals surface area contributed by atoms with Crippen molar-refractivity contribution in [3.63, 3.8) is 0 Å². The Balaban J connectivity index is 1.76. The van der Waals surface area contributed by atoms with Crippen LogP contribution in [0.1, 0.15) is 41.9 Å². The molecule has 3 N–H and O–H groups in total. The first-order valence-electron chi connectivity index (χ1n) is 12.6. The van der Waals surface area contributed by atoms with Crippen molar-refractivity contribution in [3.05, 3.63) is 83.6 Å². The lowest BCUT2D eigenvalue weighted by Crippen LogP contribution is -2.60. The number of rotatable bonds is 9. The van der Waals surface area contributed by atoms with Crippen LogP contribution in [0.15, 0.2) is 71.2 Å². The number of amides is 1. The van der Waals surface area contributed by atoms with Gasteiger partial charge in [0.2, 0.25) is 10.0 Å². The van der Waals surface area contributed by atoms with E-state index in [4.69, 9.17) is 4.42 Å². The van der Waals surface area contributed by atoms with E-state index in [1.807, 2.05) is 61.5 Å². The molecule has 1 aromatic heterocycles. The van der Waals surface area contributed by atoms with Crippen molar-refractivity contribution < 1.29 is 27.5 Å². The van der Waals surface area contributed by atoms with Gasteiger partial charge in [-0.2, -0.15) is 4.72 Å². The van der Waals surface area contributed by atoms with Crippen LogP contribution in [0.4, 0.5) is 5.69 Å². The first kappa shape index (κ1) is 28.1. The molecule has 0 bridgehead atoms. The highest BCUT2D eigenvalue weighted by atomic mass is 32.2. The highest BCUT2D eigenvalue weighted by Crippen LogP contribution is 2.35. The Labute approximate surface area is 228 Å². The number of aryl methyl sites for hydroxylation is 1. The van der Waals surface area contributed by atoms with Crippen LogP contribution in [0.3, 0.4) is 0 Å². The largest absolute Gasteiger partial charge is 0.480 e. The third-order valence-corrected chi connectivity index (χ3v) is 8.83. The topological polar surface area (TPSA) is 129 Å². The van der Waals surface area contributed by atoms with Crippen molar-refractivity contribution >= 4 is 44.1 Å². The molecule has 1 aliphatic rings. The van der Waals surface area contributed by atoms with E-state index in [0.29, 0.717) is 11.1 Å². The average molecular weight is 552 g/mol. The van der Waals surface area contributed by atoms with Gasteiger partial charge in [0.05, 0.1) is 0 Å². The van der Waals surface area contributed by atoms with Gasteiger partial charge < -0.3 is 19.7 Å². The molecule has 0 aliphatic heterocycles. The fourth-order valence-electron chi connectivity index (χ4n) is 4.69. The Morgan fingerprint density at radius 1 is 1.08 bits per heavy atom. The minimum atomic E-state index is -4.45. The summed E-state index contributed by atoms with van der Waals surface area (Å²) in [7, 11) is -0.691. The Morgan fingerprint density at radius 2 is 1.77 bits per heavy atom. The number of sulfonamides is 1. The summed E-state index contributed by atoms with van der Waals surface area (Å²) in [5.74, 6) is -2.58. The van der Waals surface area contributed by atoms with Crippen LogP contribution in [0.2, 0.25) is 0 Å². The minimum Gasteiger partial charge on any atom is -0.480 e. The molecule has 1 heterocycles. The lowest BCUT2D eigenvalue weighted by atomic mass is 9.96. The predicted molar refractivity (Wildman–Crippen MR) is 152 cm³/mol. The summed E-state index contributed by atoms with van der Waals surface area (Å²) >= 11 is 0. The van der Waals surface area contributed by atoms with Crippen LogP contribution in [0.25, 0.3) is 16.5 Å². The molecular formula is C29H33N3O6S. The van der Waals surface area contributed by atoms with Gasteiger partial charge in [0.1, 0.15) is 11.6 Å². The lowest BCUT2D eigenvalue weighted by molar-refractivity contribution is -0.140. The summed E-state index contributed by atoms with van der Waals surface area (Å²) in [5.41, 5.74) is 3.58. The highest BCUT2D eigenvalue weighted by Gasteiger charge is 2.46. The molecule has 10 heteroatoms. The van der Waals surface area contributed by atoms with E-state index >= 15 is 0 Å². The maximum Gasteiger partial charge on any atom is 0.321 e. The maximum absolute atomic E-state index is 13.8. The molecule has 0 saturated carbocycles. The molecule has 39 heavy (non-hydrogen) atoms. The molecule has 1 aliphatic carbocycles. The van der Waals surface area contributed by atoms with Gasteiger partial charge in [-0.3, -0.25) is 9.59 Å². The molecule has 206 valence electrons. The Hall–Kier alpha value is -3.89. The van der Waals surface area contributed by atoms with E-state index < -0.39 is 38.7 Å². The van der Waals surface area contributed by atoms with E-state index in [9.17, 15) is 23.1 Å². The van der Waals surface area contributed by atoms with Crippen molar-refractivity contribution in [2.45, 2.75) is 38.1 Å². The number of allylic oxidation sites excluding steroid dienone is 2. The van der Waals surface area contributed by atoms with Crippen LogP contribution in [-0.4, -0.2) is 50.4 Å². The average Bonchev–Trinajstić information content (AvgIpc) is 3.24. The number of nitrogens with zero attached hydrogens (tertiary/aromatic N) is 1. The van der Waals surface area contributed by atoms with Crippen molar-refractivity contribution in [3.8, 4) is 0 Å². The third kappa shape index (κ3) is 5.35. The number of carbonyl (C=O) groups excluding carboxylic acids is 1. The molecule has 2 atom stereocenters. The van der Waals surface area contributed by atoms with Crippen molar-refractivity contribution in [2.75, 3.05) is 19.0 Å². The minimum absolute atomic E-state index is 0.0150. The fraction of sp³-hybridized carbons (Fsp3) is 0.310. The summed E-state index contributed by atoms with van der Waals surface area (Å²) in [6.45, 7) is 4.96. The summed E-state index contributed by atoms with van der Waals surface area (Å²) < 4.78 is 35.9. The van der Waals surface area contributed by atoms with Gasteiger partial charge in [-0.1, -0.05) is 62.4 Å². The number of carbonyl (C=O) groups is 2. The van der Waals surface area contributed by atoms with E-state index in [0.717, 1.165) is 22.2 Å². The number of hydrogen-bond acceptors (Lipinski definition) is 6. The molecule has 4 rings (SSSR count). The van der Waals surface area contributed by atoms with Crippen LogP contribution in [-0.2, 0) is 14.8 Å². The number of hydrogen-bond donors (Lipinski definition) is 3. The summed E-state index contributed by atoms with van der Waals surface area (Å²) in [6, 6.07) is 13.5. The Bertz CT molecular complexity index is 1570. The second-order valence-corrected chi connectivity index (χ2v) is 12.2. The maximum atomic E-state index is 13.8. The molecule has 0 saturated heterocycles. The van der Waals surface area contributed by atoms with Gasteiger partial charge in [-0.15, -0.1) is 0 Å². The standard InChI is InChI=1S/C29H33N3O6S/c1-18(2)25(28(34)35)31-39(36,37)29(16-14-21(15-17-29)20-10-7-6-8-11-20)30-27(33)26-19(3)24-22(32(4)5)12-9-13-23(24)38-26/h6-16,18,25,31H,17H2,1-5H3,(H,30,33)(H,34,35). The van der Waals surface area contributed by atoms with Gasteiger partial charge in [0.25, 0.3) is 5.91 Å². The first-order valence-corrected chi connectivity index (χ1v) is 14.1. The molecule has 9 nitrogen and oxygen atoms in total. The highest BCUT2D eigenvalue weighted by molar-refractivity contribution is 7.91. The fourth-order valence-corrected chi connectivity index (χ4v) is 6.38. The zero-order valence-electron chi connectivity index (χ0n) is 22.6. The second kappa shape index (κ2) is 10.7. The van der Waals surface area contributed by atoms with Crippen LogP contribution < -0.4 is 14.9 Å². The molecular weight excluding hydrogens is 518 g/mol. The van der Waals surface area contributed by atoms with Gasteiger partial charge >= 0.3 is 5.97 Å². The molecule has 0 radical (unpaired) electrons. The van der Waals surface area contributed by atoms with Gasteiger partial charge in [0.15, 0.2) is 10.6 Å².